The molecule has 57 heavy (non-hydrogen) atoms. The number of para-hydroxylation sites is 1. The largest absolute Gasteiger partial charge is 0.456 e. The summed E-state index contributed by atoms with van der Waals surface area (Å²) in [5.74, 6) is 0. The minimum absolute atomic E-state index is 0.823. The number of fused-ring (bicyclic) bond motifs is 6. The van der Waals surface area contributed by atoms with Gasteiger partial charge in [0, 0.05) is 32.9 Å². The maximum Gasteiger partial charge on any atom is 0.159 e. The van der Waals surface area contributed by atoms with Gasteiger partial charge in [0.1, 0.15) is 16.7 Å². The zero-order valence-electron chi connectivity index (χ0n) is 31.0. The number of nitrogens with zero attached hydrogens (tertiary/aromatic N) is 1. The molecular weight excluding hydrogens is 695 g/mol. The second kappa shape index (κ2) is 13.6. The normalized spacial score (nSPS) is 11.5. The Kier molecular flexibility index (Phi) is 7.82. The molecule has 0 aliphatic heterocycles. The molecule has 0 amide bonds. The molecule has 11 aromatic rings. The minimum atomic E-state index is 0.823. The monoisotopic (exact) mass is 729 g/mol. The zero-order chi connectivity index (χ0) is 37.7. The molecule has 268 valence electrons. The number of benzene rings is 9. The van der Waals surface area contributed by atoms with Gasteiger partial charge in [0.2, 0.25) is 0 Å². The molecule has 2 heterocycles. The van der Waals surface area contributed by atoms with Crippen LogP contribution in [0.4, 0.5) is 17.1 Å². The Labute approximate surface area is 330 Å². The van der Waals surface area contributed by atoms with Crippen molar-refractivity contribution < 1.29 is 8.83 Å². The Bertz CT molecular complexity index is 3180. The van der Waals surface area contributed by atoms with E-state index in [4.69, 9.17) is 8.83 Å². The van der Waals surface area contributed by atoms with E-state index < -0.39 is 0 Å². The molecule has 0 spiro atoms. The van der Waals surface area contributed by atoms with Crippen molar-refractivity contribution in [3.63, 3.8) is 0 Å². The molecule has 0 atom stereocenters. The van der Waals surface area contributed by atoms with Crippen LogP contribution in [0.2, 0.25) is 0 Å². The van der Waals surface area contributed by atoms with Gasteiger partial charge in [0.15, 0.2) is 5.58 Å². The summed E-state index contributed by atoms with van der Waals surface area (Å²) in [6, 6.07) is 75.0. The van der Waals surface area contributed by atoms with Crippen molar-refractivity contribution in [3.8, 4) is 44.5 Å². The quantitative estimate of drug-likeness (QED) is 0.164. The number of rotatable bonds is 7. The first-order chi connectivity index (χ1) is 28.2. The van der Waals surface area contributed by atoms with Gasteiger partial charge in [-0.2, -0.15) is 0 Å². The highest BCUT2D eigenvalue weighted by molar-refractivity contribution is 6.17. The Morgan fingerprint density at radius 3 is 1.19 bits per heavy atom. The Hall–Kier alpha value is -7.62. The summed E-state index contributed by atoms with van der Waals surface area (Å²) in [4.78, 5) is 2.30. The predicted octanol–water partition coefficient (Wildman–Crippen LogP) is 15.6. The van der Waals surface area contributed by atoms with Crippen LogP contribution in [-0.4, -0.2) is 0 Å². The van der Waals surface area contributed by atoms with Gasteiger partial charge in [-0.1, -0.05) is 158 Å². The van der Waals surface area contributed by atoms with E-state index in [1.807, 2.05) is 6.07 Å². The Morgan fingerprint density at radius 2 is 0.667 bits per heavy atom. The smallest absolute Gasteiger partial charge is 0.159 e. The molecule has 11 rings (SSSR count). The molecule has 0 N–H and O–H groups in total. The van der Waals surface area contributed by atoms with Gasteiger partial charge in [0.25, 0.3) is 0 Å². The van der Waals surface area contributed by atoms with Gasteiger partial charge >= 0.3 is 0 Å². The molecule has 0 aliphatic carbocycles. The lowest BCUT2D eigenvalue weighted by Crippen LogP contribution is -2.10. The molecule has 3 nitrogen and oxygen atoms in total. The van der Waals surface area contributed by atoms with Crippen molar-refractivity contribution in [2.45, 2.75) is 0 Å². The van der Waals surface area contributed by atoms with E-state index in [1.54, 1.807) is 0 Å². The lowest BCUT2D eigenvalue weighted by atomic mass is 10.00. The molecule has 2 aromatic heterocycles. The van der Waals surface area contributed by atoms with Crippen molar-refractivity contribution in [1.82, 2.24) is 0 Å². The van der Waals surface area contributed by atoms with E-state index in [9.17, 15) is 0 Å². The van der Waals surface area contributed by atoms with E-state index in [1.165, 1.54) is 33.4 Å². The van der Waals surface area contributed by atoms with Crippen LogP contribution in [0.25, 0.3) is 88.4 Å². The van der Waals surface area contributed by atoms with E-state index >= 15 is 0 Å². The van der Waals surface area contributed by atoms with Crippen molar-refractivity contribution in [1.29, 1.82) is 0 Å². The number of hydrogen-bond donors (Lipinski definition) is 0. The molecule has 0 aliphatic rings. The summed E-state index contributed by atoms with van der Waals surface area (Å²) >= 11 is 0. The van der Waals surface area contributed by atoms with Crippen molar-refractivity contribution in [2.24, 2.45) is 0 Å². The average molecular weight is 730 g/mol. The SMILES string of the molecule is c1ccc(-c2ccc(-c3ccc(N(c4ccc(-c5ccccc5)cc4)c4cccc5c4oc4cc6c(cc45)oc4cc(-c5ccccc5)ccc46)cc3)cc2)cc1. The van der Waals surface area contributed by atoms with Crippen LogP contribution in [0, 0.1) is 0 Å². The van der Waals surface area contributed by atoms with Crippen LogP contribution < -0.4 is 4.90 Å². The molecule has 9 aromatic carbocycles. The highest BCUT2D eigenvalue weighted by Gasteiger charge is 2.21. The fourth-order valence-corrected chi connectivity index (χ4v) is 8.19. The maximum absolute atomic E-state index is 6.88. The molecule has 0 bridgehead atoms. The summed E-state index contributed by atoms with van der Waals surface area (Å²) in [7, 11) is 0. The third-order valence-corrected chi connectivity index (χ3v) is 11.1. The van der Waals surface area contributed by atoms with Gasteiger partial charge in [0.05, 0.1) is 5.69 Å². The average Bonchev–Trinajstić information content (AvgIpc) is 3.84. The second-order valence-electron chi connectivity index (χ2n) is 14.5. The highest BCUT2D eigenvalue weighted by Crippen LogP contribution is 2.44. The number of furan rings is 2. The standard InChI is InChI=1S/C54H35NO2/c1-4-11-36(12-5-1)39-19-21-40(22-20-39)42-25-30-45(31-26-42)55(44-28-23-41(24-29-44)37-13-6-2-7-14-37)50-18-10-17-47-49-35-52-48(34-53(49)57-54(47)50)46-32-27-43(33-51(46)56-52)38-15-8-3-9-16-38/h1-35H. The van der Waals surface area contributed by atoms with Gasteiger partial charge in [-0.15, -0.1) is 0 Å². The Balaban J connectivity index is 1.01. The molecular formula is C54H35NO2. The topological polar surface area (TPSA) is 29.5 Å². The molecule has 3 heteroatoms. The zero-order valence-corrected chi connectivity index (χ0v) is 31.0. The number of hydrogen-bond acceptors (Lipinski definition) is 3. The van der Waals surface area contributed by atoms with E-state index in [0.29, 0.717) is 0 Å². The van der Waals surface area contributed by atoms with Crippen molar-refractivity contribution >= 4 is 60.9 Å². The first kappa shape index (κ1) is 32.8. The fourth-order valence-electron chi connectivity index (χ4n) is 8.19. The van der Waals surface area contributed by atoms with Crippen LogP contribution in [0.15, 0.2) is 221 Å². The van der Waals surface area contributed by atoms with Crippen molar-refractivity contribution in [2.75, 3.05) is 4.90 Å². The van der Waals surface area contributed by atoms with Crippen molar-refractivity contribution in [3.05, 3.63) is 212 Å². The van der Waals surface area contributed by atoms with E-state index in [0.717, 1.165) is 72.1 Å². The lowest BCUT2D eigenvalue weighted by molar-refractivity contribution is 0.664. The Morgan fingerprint density at radius 1 is 0.263 bits per heavy atom. The van der Waals surface area contributed by atoms with Gasteiger partial charge < -0.3 is 13.7 Å². The van der Waals surface area contributed by atoms with Crippen LogP contribution in [-0.2, 0) is 0 Å². The third-order valence-electron chi connectivity index (χ3n) is 11.1. The van der Waals surface area contributed by atoms with Crippen LogP contribution in [0.3, 0.4) is 0 Å². The molecule has 0 saturated heterocycles. The van der Waals surface area contributed by atoms with E-state index in [-0.39, 0.29) is 0 Å². The summed E-state index contributed by atoms with van der Waals surface area (Å²) in [5.41, 5.74) is 15.8. The molecule has 0 saturated carbocycles. The number of anilines is 3. The predicted molar refractivity (Wildman–Crippen MR) is 237 cm³/mol. The first-order valence-corrected chi connectivity index (χ1v) is 19.3. The third kappa shape index (κ3) is 5.85. The maximum atomic E-state index is 6.88. The summed E-state index contributed by atoms with van der Waals surface area (Å²) in [6.45, 7) is 0. The molecule has 0 unspecified atom stereocenters. The summed E-state index contributed by atoms with van der Waals surface area (Å²) in [6.07, 6.45) is 0. The molecule has 0 fully saturated rings. The van der Waals surface area contributed by atoms with Gasteiger partial charge in [-0.05, 0) is 99.1 Å². The summed E-state index contributed by atoms with van der Waals surface area (Å²) in [5, 5.41) is 4.17. The van der Waals surface area contributed by atoms with E-state index in [2.05, 4.69) is 211 Å². The summed E-state index contributed by atoms with van der Waals surface area (Å²) < 4.78 is 13.4. The lowest BCUT2D eigenvalue weighted by Gasteiger charge is -2.26. The second-order valence-corrected chi connectivity index (χ2v) is 14.5. The van der Waals surface area contributed by atoms with Crippen LogP contribution in [0.1, 0.15) is 0 Å². The van der Waals surface area contributed by atoms with Gasteiger partial charge in [-0.25, -0.2) is 0 Å². The minimum Gasteiger partial charge on any atom is -0.456 e. The van der Waals surface area contributed by atoms with Crippen LogP contribution >= 0.6 is 0 Å². The first-order valence-electron chi connectivity index (χ1n) is 19.3. The highest BCUT2D eigenvalue weighted by atomic mass is 16.3. The van der Waals surface area contributed by atoms with Gasteiger partial charge in [-0.3, -0.25) is 0 Å². The fraction of sp³-hybridized carbons (Fsp3) is 0. The molecule has 0 radical (unpaired) electrons. The van der Waals surface area contributed by atoms with Crippen LogP contribution in [0.5, 0.6) is 0 Å².